The summed E-state index contributed by atoms with van der Waals surface area (Å²) >= 11 is 0. The van der Waals surface area contributed by atoms with Gasteiger partial charge in [0.15, 0.2) is 0 Å². The van der Waals surface area contributed by atoms with Gasteiger partial charge >= 0.3 is 0 Å². The fourth-order valence-corrected chi connectivity index (χ4v) is 2.92. The lowest BCUT2D eigenvalue weighted by molar-refractivity contribution is 0.413. The van der Waals surface area contributed by atoms with Crippen LogP contribution in [0, 0.1) is 5.92 Å². The SMILES string of the molecule is COc1cccc(CC(CNC2CC2)Cc2ccccc2)c1. The van der Waals surface area contributed by atoms with Crippen LogP contribution in [0.3, 0.4) is 0 Å². The predicted molar refractivity (Wildman–Crippen MR) is 91.4 cm³/mol. The summed E-state index contributed by atoms with van der Waals surface area (Å²) in [6, 6.07) is 20.0. The van der Waals surface area contributed by atoms with E-state index in [1.165, 1.54) is 24.0 Å². The van der Waals surface area contributed by atoms with Gasteiger partial charge in [0.25, 0.3) is 0 Å². The Morgan fingerprint density at radius 3 is 2.45 bits per heavy atom. The minimum atomic E-state index is 0.620. The van der Waals surface area contributed by atoms with E-state index in [1.54, 1.807) is 7.11 Å². The topological polar surface area (TPSA) is 21.3 Å². The molecular formula is C20H25NO. The second-order valence-electron chi connectivity index (χ2n) is 6.29. The third kappa shape index (κ3) is 4.60. The van der Waals surface area contributed by atoms with Gasteiger partial charge < -0.3 is 10.1 Å². The van der Waals surface area contributed by atoms with Gasteiger partial charge in [-0.15, -0.1) is 0 Å². The number of hydrogen-bond donors (Lipinski definition) is 1. The Bertz CT molecular complexity index is 577. The van der Waals surface area contributed by atoms with Crippen molar-refractivity contribution in [3.05, 3.63) is 65.7 Å². The quantitative estimate of drug-likeness (QED) is 0.798. The maximum Gasteiger partial charge on any atom is 0.119 e. The van der Waals surface area contributed by atoms with Crippen molar-refractivity contribution in [3.63, 3.8) is 0 Å². The van der Waals surface area contributed by atoms with E-state index >= 15 is 0 Å². The average molecular weight is 295 g/mol. The van der Waals surface area contributed by atoms with Gasteiger partial charge in [0.1, 0.15) is 5.75 Å². The van der Waals surface area contributed by atoms with Crippen LogP contribution >= 0.6 is 0 Å². The van der Waals surface area contributed by atoms with E-state index in [1.807, 2.05) is 6.07 Å². The van der Waals surface area contributed by atoms with E-state index in [0.29, 0.717) is 5.92 Å². The zero-order chi connectivity index (χ0) is 15.2. The number of hydrogen-bond acceptors (Lipinski definition) is 2. The lowest BCUT2D eigenvalue weighted by Crippen LogP contribution is -2.27. The molecule has 1 unspecified atom stereocenters. The van der Waals surface area contributed by atoms with E-state index in [9.17, 15) is 0 Å². The van der Waals surface area contributed by atoms with Crippen molar-refractivity contribution in [2.75, 3.05) is 13.7 Å². The van der Waals surface area contributed by atoms with Crippen LogP contribution in [0.15, 0.2) is 54.6 Å². The van der Waals surface area contributed by atoms with Gasteiger partial charge in [0.05, 0.1) is 7.11 Å². The summed E-state index contributed by atoms with van der Waals surface area (Å²) in [6.07, 6.45) is 4.90. The summed E-state index contributed by atoms with van der Waals surface area (Å²) in [7, 11) is 1.73. The Hall–Kier alpha value is -1.80. The van der Waals surface area contributed by atoms with Gasteiger partial charge in [0.2, 0.25) is 0 Å². The van der Waals surface area contributed by atoms with Crippen LogP contribution in [0.5, 0.6) is 5.75 Å². The zero-order valence-electron chi connectivity index (χ0n) is 13.3. The first kappa shape index (κ1) is 15.1. The molecule has 1 fully saturated rings. The standard InChI is InChI=1S/C20H25NO/c1-22-20-9-5-8-17(14-20)13-18(15-21-19-10-11-19)12-16-6-3-2-4-7-16/h2-9,14,18-19,21H,10-13,15H2,1H3. The van der Waals surface area contributed by atoms with Gasteiger partial charge in [-0.05, 0) is 61.4 Å². The lowest BCUT2D eigenvalue weighted by Gasteiger charge is -2.18. The summed E-state index contributed by atoms with van der Waals surface area (Å²) in [6.45, 7) is 1.09. The largest absolute Gasteiger partial charge is 0.497 e. The van der Waals surface area contributed by atoms with Crippen molar-refractivity contribution in [1.82, 2.24) is 5.32 Å². The molecule has 1 atom stereocenters. The van der Waals surface area contributed by atoms with Crippen LogP contribution in [-0.4, -0.2) is 19.7 Å². The minimum Gasteiger partial charge on any atom is -0.497 e. The molecule has 1 saturated carbocycles. The molecule has 2 heteroatoms. The van der Waals surface area contributed by atoms with Crippen molar-refractivity contribution < 1.29 is 4.74 Å². The van der Waals surface area contributed by atoms with E-state index in [2.05, 4.69) is 53.8 Å². The number of ether oxygens (including phenoxy) is 1. The Kier molecular flexibility index (Phi) is 5.12. The smallest absolute Gasteiger partial charge is 0.119 e. The molecule has 0 aliphatic heterocycles. The summed E-state index contributed by atoms with van der Waals surface area (Å²) in [5.74, 6) is 1.57. The van der Waals surface area contributed by atoms with Crippen molar-refractivity contribution in [2.24, 2.45) is 5.92 Å². The molecule has 0 saturated heterocycles. The lowest BCUT2D eigenvalue weighted by atomic mass is 9.92. The number of nitrogens with one attached hydrogen (secondary N) is 1. The Labute approximate surface area is 133 Å². The van der Waals surface area contributed by atoms with Crippen LogP contribution in [0.25, 0.3) is 0 Å². The summed E-state index contributed by atoms with van der Waals surface area (Å²) < 4.78 is 5.35. The van der Waals surface area contributed by atoms with E-state index < -0.39 is 0 Å². The third-order valence-corrected chi connectivity index (χ3v) is 4.30. The Morgan fingerprint density at radius 2 is 1.73 bits per heavy atom. The molecule has 0 bridgehead atoms. The van der Waals surface area contributed by atoms with Crippen LogP contribution < -0.4 is 10.1 Å². The molecule has 0 radical (unpaired) electrons. The van der Waals surface area contributed by atoms with Crippen molar-refractivity contribution in [2.45, 2.75) is 31.7 Å². The molecule has 2 aromatic carbocycles. The molecule has 116 valence electrons. The predicted octanol–water partition coefficient (Wildman–Crippen LogP) is 3.85. The first-order chi connectivity index (χ1) is 10.8. The molecule has 2 aromatic rings. The zero-order valence-corrected chi connectivity index (χ0v) is 13.3. The highest BCUT2D eigenvalue weighted by atomic mass is 16.5. The molecule has 0 amide bonds. The molecule has 0 spiro atoms. The van der Waals surface area contributed by atoms with Gasteiger partial charge in [-0.2, -0.15) is 0 Å². The third-order valence-electron chi connectivity index (χ3n) is 4.30. The van der Waals surface area contributed by atoms with Crippen molar-refractivity contribution in [1.29, 1.82) is 0 Å². The van der Waals surface area contributed by atoms with Gasteiger partial charge in [-0.1, -0.05) is 42.5 Å². The molecule has 1 aliphatic rings. The van der Waals surface area contributed by atoms with Crippen LogP contribution in [0.2, 0.25) is 0 Å². The average Bonchev–Trinajstić information content (AvgIpc) is 3.38. The second kappa shape index (κ2) is 7.46. The highest BCUT2D eigenvalue weighted by molar-refractivity contribution is 5.29. The van der Waals surface area contributed by atoms with E-state index in [-0.39, 0.29) is 0 Å². The number of rotatable bonds is 8. The van der Waals surface area contributed by atoms with Gasteiger partial charge in [-0.25, -0.2) is 0 Å². The van der Waals surface area contributed by atoms with Gasteiger partial charge in [0, 0.05) is 6.04 Å². The summed E-state index contributed by atoms with van der Waals surface area (Å²) in [4.78, 5) is 0. The maximum atomic E-state index is 5.35. The maximum absolute atomic E-state index is 5.35. The molecule has 0 aromatic heterocycles. The highest BCUT2D eigenvalue weighted by Gasteiger charge is 2.22. The normalized spacial score (nSPS) is 15.5. The molecule has 3 rings (SSSR count). The molecule has 0 heterocycles. The molecule has 1 N–H and O–H groups in total. The van der Waals surface area contributed by atoms with E-state index in [0.717, 1.165) is 31.2 Å². The molecule has 2 nitrogen and oxygen atoms in total. The van der Waals surface area contributed by atoms with Crippen LogP contribution in [0.4, 0.5) is 0 Å². The minimum absolute atomic E-state index is 0.620. The first-order valence-electron chi connectivity index (χ1n) is 8.24. The summed E-state index contributed by atoms with van der Waals surface area (Å²) in [5.41, 5.74) is 2.78. The fourth-order valence-electron chi connectivity index (χ4n) is 2.92. The fraction of sp³-hybridized carbons (Fsp3) is 0.400. The molecule has 22 heavy (non-hydrogen) atoms. The van der Waals surface area contributed by atoms with Crippen molar-refractivity contribution in [3.8, 4) is 5.75 Å². The number of benzene rings is 2. The Balaban J connectivity index is 1.66. The van der Waals surface area contributed by atoms with Gasteiger partial charge in [-0.3, -0.25) is 0 Å². The van der Waals surface area contributed by atoms with Crippen molar-refractivity contribution >= 4 is 0 Å². The Morgan fingerprint density at radius 1 is 1.00 bits per heavy atom. The molecule has 1 aliphatic carbocycles. The first-order valence-corrected chi connectivity index (χ1v) is 8.24. The van der Waals surface area contributed by atoms with Crippen LogP contribution in [-0.2, 0) is 12.8 Å². The van der Waals surface area contributed by atoms with Crippen LogP contribution in [0.1, 0.15) is 24.0 Å². The molecular weight excluding hydrogens is 270 g/mol. The summed E-state index contributed by atoms with van der Waals surface area (Å²) in [5, 5.41) is 3.69. The van der Waals surface area contributed by atoms with E-state index in [4.69, 9.17) is 4.74 Å². The monoisotopic (exact) mass is 295 g/mol. The highest BCUT2D eigenvalue weighted by Crippen LogP contribution is 2.22. The number of methoxy groups -OCH3 is 1. The second-order valence-corrected chi connectivity index (χ2v) is 6.29.